The number of furan rings is 1. The summed E-state index contributed by atoms with van der Waals surface area (Å²) in [5.41, 5.74) is 5.11. The average Bonchev–Trinajstić information content (AvgIpc) is 3.68. The van der Waals surface area contributed by atoms with Gasteiger partial charge in [-0.25, -0.2) is 4.98 Å². The van der Waals surface area contributed by atoms with Crippen LogP contribution in [0.5, 0.6) is 0 Å². The van der Waals surface area contributed by atoms with Crippen molar-refractivity contribution in [3.8, 4) is 0 Å². The molecule has 3 heterocycles. The zero-order valence-corrected chi connectivity index (χ0v) is 25.3. The van der Waals surface area contributed by atoms with Crippen LogP contribution in [-0.2, 0) is 6.54 Å². The predicted octanol–water partition coefficient (Wildman–Crippen LogP) is 7.15. The van der Waals surface area contributed by atoms with Crippen molar-refractivity contribution in [2.75, 3.05) is 38.5 Å². The summed E-state index contributed by atoms with van der Waals surface area (Å²) in [5, 5.41) is 4.49. The zero-order chi connectivity index (χ0) is 29.6. The number of nitrogens with one attached hydrogen (secondary N) is 1. The molecular weight excluding hydrogens is 558 g/mol. The van der Waals surface area contributed by atoms with Crippen LogP contribution < -0.4 is 5.32 Å². The fourth-order valence-electron chi connectivity index (χ4n) is 6.07. The first-order chi connectivity index (χ1) is 21.0. The third-order valence-corrected chi connectivity index (χ3v) is 8.71. The smallest absolute Gasteiger partial charge is 0.253 e. The van der Waals surface area contributed by atoms with Gasteiger partial charge >= 0.3 is 0 Å². The molecule has 0 radical (unpaired) electrons. The number of rotatable bonds is 11. The van der Waals surface area contributed by atoms with Gasteiger partial charge in [0.2, 0.25) is 5.95 Å². The molecule has 43 heavy (non-hydrogen) atoms. The van der Waals surface area contributed by atoms with Crippen molar-refractivity contribution < 1.29 is 9.21 Å². The maximum absolute atomic E-state index is 13.1. The van der Waals surface area contributed by atoms with Crippen LogP contribution in [0.25, 0.3) is 11.0 Å². The molecule has 1 saturated heterocycles. The first-order valence-corrected chi connectivity index (χ1v) is 15.4. The molecule has 0 saturated carbocycles. The van der Waals surface area contributed by atoms with Gasteiger partial charge in [0, 0.05) is 54.8 Å². The van der Waals surface area contributed by atoms with Crippen molar-refractivity contribution in [3.63, 3.8) is 0 Å². The number of imidazole rings is 1. The Labute approximate surface area is 258 Å². The zero-order valence-electron chi connectivity index (χ0n) is 24.5. The molecule has 1 N–H and O–H groups in total. The summed E-state index contributed by atoms with van der Waals surface area (Å²) in [6.45, 7) is 4.35. The van der Waals surface area contributed by atoms with Gasteiger partial charge in [0.15, 0.2) is 0 Å². The van der Waals surface area contributed by atoms with E-state index >= 15 is 0 Å². The van der Waals surface area contributed by atoms with Crippen LogP contribution in [0.4, 0.5) is 5.95 Å². The van der Waals surface area contributed by atoms with Gasteiger partial charge in [-0.05, 0) is 73.8 Å². The van der Waals surface area contributed by atoms with Gasteiger partial charge in [0.25, 0.3) is 5.91 Å². The van der Waals surface area contributed by atoms with E-state index in [1.165, 1.54) is 5.56 Å². The molecular formula is C35H38ClN5O2. The Bertz CT molecular complexity index is 1630. The Morgan fingerprint density at radius 3 is 2.60 bits per heavy atom. The third-order valence-electron chi connectivity index (χ3n) is 8.47. The van der Waals surface area contributed by atoms with Crippen LogP contribution in [0.3, 0.4) is 0 Å². The standard InChI is InChI=1S/C35H38ClN5O2/c1-39(34(42)27-8-3-2-4-9-27)24-29(28-10-7-11-30(36)22-28)14-18-40-19-15-31(16-20-40)37-35-38-32-12-5-6-13-33(32)41(35)23-26-17-21-43-25-26/h2-13,17,21-22,25,29,31H,14-16,18-20,23-24H2,1H3,(H,37,38). The molecule has 5 aromatic rings. The topological polar surface area (TPSA) is 66.5 Å². The number of benzene rings is 3. The number of piperidine rings is 1. The SMILES string of the molecule is CN(CC(CCN1CCC(Nc2nc3ccccc3n2Cc2ccoc2)CC1)c1cccc(Cl)c1)C(=O)c1ccccc1. The minimum Gasteiger partial charge on any atom is -0.472 e. The Morgan fingerprint density at radius 1 is 1.05 bits per heavy atom. The van der Waals surface area contributed by atoms with Crippen LogP contribution in [0.1, 0.15) is 46.7 Å². The van der Waals surface area contributed by atoms with Crippen LogP contribution in [0.2, 0.25) is 5.02 Å². The summed E-state index contributed by atoms with van der Waals surface area (Å²) >= 11 is 6.38. The van der Waals surface area contributed by atoms with E-state index in [-0.39, 0.29) is 11.8 Å². The summed E-state index contributed by atoms with van der Waals surface area (Å²) in [5.74, 6) is 1.14. The molecule has 1 aliphatic heterocycles. The van der Waals surface area contributed by atoms with Gasteiger partial charge < -0.3 is 24.1 Å². The molecule has 3 aromatic carbocycles. The van der Waals surface area contributed by atoms with Crippen molar-refractivity contribution >= 4 is 34.5 Å². The molecule has 1 amide bonds. The van der Waals surface area contributed by atoms with Crippen molar-refractivity contribution in [1.82, 2.24) is 19.4 Å². The second-order valence-corrected chi connectivity index (χ2v) is 11.9. The number of aromatic nitrogens is 2. The molecule has 8 heteroatoms. The number of anilines is 1. The first-order valence-electron chi connectivity index (χ1n) is 15.0. The summed E-state index contributed by atoms with van der Waals surface area (Å²) < 4.78 is 7.56. The van der Waals surface area contributed by atoms with E-state index in [9.17, 15) is 4.79 Å². The van der Waals surface area contributed by atoms with Crippen molar-refractivity contribution in [2.45, 2.75) is 37.8 Å². The maximum atomic E-state index is 13.1. The van der Waals surface area contributed by atoms with Crippen LogP contribution >= 0.6 is 11.6 Å². The van der Waals surface area contributed by atoms with Crippen LogP contribution in [-0.4, -0.2) is 64.5 Å². The van der Waals surface area contributed by atoms with Gasteiger partial charge in [-0.2, -0.15) is 0 Å². The van der Waals surface area contributed by atoms with E-state index in [4.69, 9.17) is 21.0 Å². The van der Waals surface area contributed by atoms with Crippen molar-refractivity contribution in [2.24, 2.45) is 0 Å². The van der Waals surface area contributed by atoms with Gasteiger partial charge in [0.05, 0.1) is 30.1 Å². The summed E-state index contributed by atoms with van der Waals surface area (Å²) in [4.78, 5) is 22.4. The second-order valence-electron chi connectivity index (χ2n) is 11.5. The summed E-state index contributed by atoms with van der Waals surface area (Å²) in [6.07, 6.45) is 6.55. The molecule has 0 spiro atoms. The molecule has 1 unspecified atom stereocenters. The highest BCUT2D eigenvalue weighted by atomic mass is 35.5. The number of carbonyl (C=O) groups is 1. The average molecular weight is 596 g/mol. The van der Waals surface area contributed by atoms with Gasteiger partial charge in [0.1, 0.15) is 0 Å². The molecule has 1 aliphatic rings. The number of likely N-dealkylation sites (N-methyl/N-ethyl adjacent to an activating group) is 1. The minimum atomic E-state index is 0.0401. The monoisotopic (exact) mass is 595 g/mol. The predicted molar refractivity (Wildman–Crippen MR) is 173 cm³/mol. The Balaban J connectivity index is 1.08. The Hall–Kier alpha value is -4.07. The molecule has 1 fully saturated rings. The third kappa shape index (κ3) is 7.12. The van der Waals surface area contributed by atoms with E-state index in [1.54, 1.807) is 12.5 Å². The highest BCUT2D eigenvalue weighted by molar-refractivity contribution is 6.30. The molecule has 7 nitrogen and oxygen atoms in total. The van der Waals surface area contributed by atoms with E-state index in [2.05, 4.69) is 39.0 Å². The van der Waals surface area contributed by atoms with E-state index in [0.29, 0.717) is 24.7 Å². The highest BCUT2D eigenvalue weighted by Gasteiger charge is 2.24. The fraction of sp³-hybridized carbons (Fsp3) is 0.314. The lowest BCUT2D eigenvalue weighted by atomic mass is 9.94. The second kappa shape index (κ2) is 13.5. The van der Waals surface area contributed by atoms with Gasteiger partial charge in [-0.15, -0.1) is 0 Å². The molecule has 0 aliphatic carbocycles. The fourth-order valence-corrected chi connectivity index (χ4v) is 6.27. The minimum absolute atomic E-state index is 0.0401. The molecule has 0 bridgehead atoms. The van der Waals surface area contributed by atoms with Crippen molar-refractivity contribution in [1.29, 1.82) is 0 Å². The van der Waals surface area contributed by atoms with Crippen LogP contribution in [0.15, 0.2) is 102 Å². The number of para-hydroxylation sites is 2. The number of halogens is 1. The van der Waals surface area contributed by atoms with Gasteiger partial charge in [-0.1, -0.05) is 54.1 Å². The van der Waals surface area contributed by atoms with E-state index in [0.717, 1.165) is 66.5 Å². The molecule has 222 valence electrons. The number of fused-ring (bicyclic) bond motifs is 1. The number of amides is 1. The Kier molecular flexibility index (Phi) is 9.10. The van der Waals surface area contributed by atoms with E-state index in [1.807, 2.05) is 72.6 Å². The number of hydrogen-bond donors (Lipinski definition) is 1. The highest BCUT2D eigenvalue weighted by Crippen LogP contribution is 2.27. The number of nitrogens with zero attached hydrogens (tertiary/aromatic N) is 4. The lowest BCUT2D eigenvalue weighted by Gasteiger charge is -2.34. The lowest BCUT2D eigenvalue weighted by molar-refractivity contribution is 0.0782. The normalized spacial score (nSPS) is 15.0. The maximum Gasteiger partial charge on any atom is 0.253 e. The largest absolute Gasteiger partial charge is 0.472 e. The summed E-state index contributed by atoms with van der Waals surface area (Å²) in [6, 6.07) is 28.2. The Morgan fingerprint density at radius 2 is 1.84 bits per heavy atom. The van der Waals surface area contributed by atoms with Crippen LogP contribution in [0, 0.1) is 0 Å². The quantitative estimate of drug-likeness (QED) is 0.176. The van der Waals surface area contributed by atoms with Gasteiger partial charge in [-0.3, -0.25) is 4.79 Å². The molecule has 1 atom stereocenters. The number of likely N-dealkylation sites (tertiary alicyclic amines) is 1. The lowest BCUT2D eigenvalue weighted by Crippen LogP contribution is -2.40. The summed E-state index contributed by atoms with van der Waals surface area (Å²) in [7, 11) is 1.89. The van der Waals surface area contributed by atoms with Crippen molar-refractivity contribution in [3.05, 3.63) is 119 Å². The molecule has 2 aromatic heterocycles. The molecule has 6 rings (SSSR count). The number of carbonyl (C=O) groups excluding carboxylic acids is 1. The number of hydrogen-bond acceptors (Lipinski definition) is 5. The van der Waals surface area contributed by atoms with E-state index < -0.39 is 0 Å². The first kappa shape index (κ1) is 29.0.